The number of aromatic amines is 1. The summed E-state index contributed by atoms with van der Waals surface area (Å²) in [5.74, 6) is 1.35. The van der Waals surface area contributed by atoms with Gasteiger partial charge in [-0.05, 0) is 17.7 Å². The lowest BCUT2D eigenvalue weighted by atomic mass is 10.1. The van der Waals surface area contributed by atoms with Crippen molar-refractivity contribution >= 4 is 21.6 Å². The summed E-state index contributed by atoms with van der Waals surface area (Å²) in [6, 6.07) is 17.3. The molecule has 118 valence electrons. The van der Waals surface area contributed by atoms with Gasteiger partial charge in [-0.2, -0.15) is 0 Å². The zero-order valence-corrected chi connectivity index (χ0v) is 13.8. The molecule has 0 unspecified atom stereocenters. The highest BCUT2D eigenvalue weighted by molar-refractivity contribution is 7.17. The fourth-order valence-electron chi connectivity index (χ4n) is 2.68. The van der Waals surface area contributed by atoms with Crippen LogP contribution in [0, 0.1) is 0 Å². The van der Waals surface area contributed by atoms with Crippen LogP contribution in [0.3, 0.4) is 0 Å². The second-order valence-corrected chi connectivity index (χ2v) is 6.20. The van der Waals surface area contributed by atoms with Gasteiger partial charge in [0.15, 0.2) is 0 Å². The first-order valence-electron chi connectivity index (χ1n) is 7.47. The molecule has 1 N–H and O–H groups in total. The van der Waals surface area contributed by atoms with Gasteiger partial charge in [0.25, 0.3) is 5.56 Å². The number of fused-ring (bicyclic) bond motifs is 1. The standard InChI is InChI=1S/C19H14N2O2S/c1-23-14-9-5-8-13(10-14)15-11-24-19-16(15)18(22)20-17(21-19)12-6-3-2-4-7-12/h2-11H,1H3,(H,20,21,22). The molecule has 4 nitrogen and oxygen atoms in total. The minimum atomic E-state index is -0.127. The van der Waals surface area contributed by atoms with Gasteiger partial charge in [-0.1, -0.05) is 42.5 Å². The Morgan fingerprint density at radius 2 is 1.83 bits per heavy atom. The highest BCUT2D eigenvalue weighted by Gasteiger charge is 2.14. The van der Waals surface area contributed by atoms with Crippen LogP contribution in [0.2, 0.25) is 0 Å². The molecule has 0 aliphatic carbocycles. The number of rotatable bonds is 3. The van der Waals surface area contributed by atoms with Crippen molar-refractivity contribution in [1.29, 1.82) is 0 Å². The molecule has 4 aromatic rings. The molecule has 5 heteroatoms. The number of nitrogens with one attached hydrogen (secondary N) is 1. The Morgan fingerprint density at radius 1 is 1.04 bits per heavy atom. The molecule has 0 spiro atoms. The number of aromatic nitrogens is 2. The number of benzene rings is 2. The van der Waals surface area contributed by atoms with E-state index in [1.54, 1.807) is 7.11 Å². The summed E-state index contributed by atoms with van der Waals surface area (Å²) in [5.41, 5.74) is 2.59. The van der Waals surface area contributed by atoms with E-state index in [0.717, 1.165) is 27.3 Å². The zero-order chi connectivity index (χ0) is 16.5. The average molecular weight is 334 g/mol. The van der Waals surface area contributed by atoms with Crippen LogP contribution >= 0.6 is 11.3 Å². The maximum absolute atomic E-state index is 12.7. The van der Waals surface area contributed by atoms with Gasteiger partial charge in [0, 0.05) is 16.5 Å². The van der Waals surface area contributed by atoms with E-state index in [2.05, 4.69) is 9.97 Å². The van der Waals surface area contributed by atoms with Crippen LogP contribution in [-0.4, -0.2) is 17.1 Å². The largest absolute Gasteiger partial charge is 0.497 e. The fourth-order valence-corrected chi connectivity index (χ4v) is 3.63. The lowest BCUT2D eigenvalue weighted by Crippen LogP contribution is -2.08. The van der Waals surface area contributed by atoms with Crippen molar-refractivity contribution in [2.75, 3.05) is 7.11 Å². The summed E-state index contributed by atoms with van der Waals surface area (Å²) in [7, 11) is 1.63. The molecule has 2 heterocycles. The van der Waals surface area contributed by atoms with Crippen LogP contribution in [-0.2, 0) is 0 Å². The van der Waals surface area contributed by atoms with Gasteiger partial charge in [-0.15, -0.1) is 11.3 Å². The lowest BCUT2D eigenvalue weighted by Gasteiger charge is -2.04. The second-order valence-electron chi connectivity index (χ2n) is 5.34. The van der Waals surface area contributed by atoms with Gasteiger partial charge < -0.3 is 9.72 Å². The maximum atomic E-state index is 12.7. The molecule has 0 radical (unpaired) electrons. The Hall–Kier alpha value is -2.92. The third-order valence-electron chi connectivity index (χ3n) is 3.87. The summed E-state index contributed by atoms with van der Waals surface area (Å²) in [6.45, 7) is 0. The van der Waals surface area contributed by atoms with Crippen molar-refractivity contribution in [3.63, 3.8) is 0 Å². The maximum Gasteiger partial charge on any atom is 0.260 e. The van der Waals surface area contributed by atoms with Crippen LogP contribution in [0.15, 0.2) is 64.8 Å². The molecule has 0 aliphatic rings. The smallest absolute Gasteiger partial charge is 0.260 e. The van der Waals surface area contributed by atoms with E-state index in [4.69, 9.17) is 4.74 Å². The second kappa shape index (κ2) is 5.94. The van der Waals surface area contributed by atoms with Gasteiger partial charge in [0.05, 0.1) is 12.5 Å². The SMILES string of the molecule is COc1cccc(-c2csc3nc(-c4ccccc4)[nH]c(=O)c23)c1. The molecule has 0 saturated carbocycles. The molecular weight excluding hydrogens is 320 g/mol. The predicted molar refractivity (Wildman–Crippen MR) is 97.7 cm³/mol. The molecule has 0 atom stereocenters. The molecule has 24 heavy (non-hydrogen) atoms. The normalized spacial score (nSPS) is 10.9. The third kappa shape index (κ3) is 2.49. The number of ether oxygens (including phenoxy) is 1. The number of hydrogen-bond acceptors (Lipinski definition) is 4. The Kier molecular flexibility index (Phi) is 3.63. The van der Waals surface area contributed by atoms with Crippen LogP contribution in [0.4, 0.5) is 0 Å². The van der Waals surface area contributed by atoms with E-state index >= 15 is 0 Å². The van der Waals surface area contributed by atoms with Gasteiger partial charge in [0.1, 0.15) is 16.4 Å². The van der Waals surface area contributed by atoms with E-state index in [0.29, 0.717) is 11.2 Å². The minimum absolute atomic E-state index is 0.127. The van der Waals surface area contributed by atoms with Crippen LogP contribution < -0.4 is 10.3 Å². The highest BCUT2D eigenvalue weighted by Crippen LogP contribution is 2.33. The summed E-state index contributed by atoms with van der Waals surface area (Å²) in [6.07, 6.45) is 0. The molecule has 0 amide bonds. The van der Waals surface area contributed by atoms with Gasteiger partial charge in [-0.3, -0.25) is 4.79 Å². The van der Waals surface area contributed by atoms with Crippen molar-refractivity contribution in [3.05, 3.63) is 70.3 Å². The zero-order valence-electron chi connectivity index (χ0n) is 12.9. The Labute approximate surface area is 142 Å². The topological polar surface area (TPSA) is 55.0 Å². The van der Waals surface area contributed by atoms with Crippen LogP contribution in [0.25, 0.3) is 32.7 Å². The monoisotopic (exact) mass is 334 g/mol. The van der Waals surface area contributed by atoms with Crippen LogP contribution in [0.5, 0.6) is 5.75 Å². The Bertz CT molecular complexity index is 1070. The molecule has 0 aliphatic heterocycles. The number of thiophene rings is 1. The van der Waals surface area contributed by atoms with Gasteiger partial charge in [-0.25, -0.2) is 4.98 Å². The van der Waals surface area contributed by atoms with Crippen LogP contribution in [0.1, 0.15) is 0 Å². The van der Waals surface area contributed by atoms with Crippen molar-refractivity contribution < 1.29 is 4.74 Å². The van der Waals surface area contributed by atoms with E-state index in [9.17, 15) is 4.79 Å². The minimum Gasteiger partial charge on any atom is -0.497 e. The number of methoxy groups -OCH3 is 1. The van der Waals surface area contributed by atoms with E-state index < -0.39 is 0 Å². The first-order chi connectivity index (χ1) is 11.8. The first kappa shape index (κ1) is 14.7. The van der Waals surface area contributed by atoms with E-state index in [1.807, 2.05) is 60.0 Å². The van der Waals surface area contributed by atoms with E-state index in [1.165, 1.54) is 11.3 Å². The summed E-state index contributed by atoms with van der Waals surface area (Å²) in [5, 5.41) is 2.59. The molecule has 2 aromatic carbocycles. The summed E-state index contributed by atoms with van der Waals surface area (Å²) in [4.78, 5) is 20.9. The highest BCUT2D eigenvalue weighted by atomic mass is 32.1. The molecular formula is C19H14N2O2S. The van der Waals surface area contributed by atoms with Gasteiger partial charge >= 0.3 is 0 Å². The van der Waals surface area contributed by atoms with Crippen molar-refractivity contribution in [3.8, 4) is 28.3 Å². The molecule has 2 aromatic heterocycles. The number of hydrogen-bond donors (Lipinski definition) is 1. The number of H-pyrrole nitrogens is 1. The predicted octanol–water partition coefficient (Wildman–Crippen LogP) is 4.33. The molecule has 4 rings (SSSR count). The van der Waals surface area contributed by atoms with Crippen molar-refractivity contribution in [2.45, 2.75) is 0 Å². The quantitative estimate of drug-likeness (QED) is 0.607. The number of nitrogens with zero attached hydrogens (tertiary/aromatic N) is 1. The molecule has 0 bridgehead atoms. The molecule has 0 saturated heterocycles. The van der Waals surface area contributed by atoms with Crippen molar-refractivity contribution in [1.82, 2.24) is 9.97 Å². The Balaban J connectivity index is 1.90. The summed E-state index contributed by atoms with van der Waals surface area (Å²) < 4.78 is 5.27. The van der Waals surface area contributed by atoms with Crippen molar-refractivity contribution in [2.24, 2.45) is 0 Å². The Morgan fingerprint density at radius 3 is 2.62 bits per heavy atom. The summed E-state index contributed by atoms with van der Waals surface area (Å²) >= 11 is 1.47. The average Bonchev–Trinajstić information content (AvgIpc) is 3.07. The first-order valence-corrected chi connectivity index (χ1v) is 8.35. The van der Waals surface area contributed by atoms with Gasteiger partial charge in [0.2, 0.25) is 0 Å². The molecule has 0 fully saturated rings. The third-order valence-corrected chi connectivity index (χ3v) is 4.74. The lowest BCUT2D eigenvalue weighted by molar-refractivity contribution is 0.415. The van der Waals surface area contributed by atoms with E-state index in [-0.39, 0.29) is 5.56 Å². The fraction of sp³-hybridized carbons (Fsp3) is 0.0526.